The van der Waals surface area contributed by atoms with Gasteiger partial charge in [-0.15, -0.1) is 0 Å². The van der Waals surface area contributed by atoms with Gasteiger partial charge in [0.05, 0.1) is 0 Å². The lowest BCUT2D eigenvalue weighted by Crippen LogP contribution is -2.04. The molecule has 4 nitrogen and oxygen atoms in total. The molecule has 6 heteroatoms. The maximum atomic E-state index is 6.08. The van der Waals surface area contributed by atoms with Crippen molar-refractivity contribution < 1.29 is 0 Å². The highest BCUT2D eigenvalue weighted by Crippen LogP contribution is 2.32. The van der Waals surface area contributed by atoms with E-state index < -0.39 is 0 Å². The summed E-state index contributed by atoms with van der Waals surface area (Å²) in [5, 5.41) is 3.57. The van der Waals surface area contributed by atoms with Gasteiger partial charge < -0.3 is 11.1 Å². The monoisotopic (exact) mass is 296 g/mol. The molecule has 0 saturated carbocycles. The zero-order valence-corrected chi connectivity index (χ0v) is 12.4. The van der Waals surface area contributed by atoms with Gasteiger partial charge in [-0.3, -0.25) is 0 Å². The lowest BCUT2D eigenvalue weighted by Gasteiger charge is -2.14. The fraction of sp³-hybridized carbons (Fsp3) is 0.231. The average molecular weight is 297 g/mol. The number of aryl methyl sites for hydroxylation is 3. The summed E-state index contributed by atoms with van der Waals surface area (Å²) < 4.78 is 0. The first-order chi connectivity index (χ1) is 8.88. The molecule has 1 heterocycles. The molecule has 0 aliphatic rings. The van der Waals surface area contributed by atoms with E-state index in [-0.39, 0.29) is 16.1 Å². The number of nitrogen functional groups attached to an aromatic ring is 1. The van der Waals surface area contributed by atoms with Crippen molar-refractivity contribution in [1.82, 2.24) is 9.97 Å². The highest BCUT2D eigenvalue weighted by Gasteiger charge is 2.12. The lowest BCUT2D eigenvalue weighted by molar-refractivity contribution is 1.18. The van der Waals surface area contributed by atoms with Crippen molar-refractivity contribution in [3.05, 3.63) is 39.0 Å². The van der Waals surface area contributed by atoms with Gasteiger partial charge in [0.15, 0.2) is 11.0 Å². The number of anilines is 3. The van der Waals surface area contributed by atoms with E-state index in [4.69, 9.17) is 28.9 Å². The predicted octanol–water partition coefficient (Wildman–Crippen LogP) is 4.03. The highest BCUT2D eigenvalue weighted by molar-refractivity contribution is 6.42. The Morgan fingerprint density at radius 2 is 1.63 bits per heavy atom. The van der Waals surface area contributed by atoms with Crippen molar-refractivity contribution >= 4 is 40.7 Å². The first-order valence-electron chi connectivity index (χ1n) is 5.72. The van der Waals surface area contributed by atoms with Crippen LogP contribution in [0.5, 0.6) is 0 Å². The number of nitrogens with zero attached hydrogens (tertiary/aromatic N) is 2. The molecule has 19 heavy (non-hydrogen) atoms. The van der Waals surface area contributed by atoms with Crippen molar-refractivity contribution in [1.29, 1.82) is 0 Å². The Labute approximate surface area is 122 Å². The van der Waals surface area contributed by atoms with Crippen molar-refractivity contribution in [3.63, 3.8) is 0 Å². The average Bonchev–Trinajstić information content (AvgIpc) is 2.29. The van der Waals surface area contributed by atoms with Gasteiger partial charge in [0.1, 0.15) is 5.02 Å². The number of rotatable bonds is 2. The number of benzene rings is 1. The maximum absolute atomic E-state index is 6.08. The molecule has 0 radical (unpaired) electrons. The van der Waals surface area contributed by atoms with Gasteiger partial charge in [0.2, 0.25) is 5.95 Å². The van der Waals surface area contributed by atoms with Crippen LogP contribution in [0.1, 0.15) is 16.7 Å². The van der Waals surface area contributed by atoms with Crippen LogP contribution in [0.15, 0.2) is 12.1 Å². The van der Waals surface area contributed by atoms with Crippen LogP contribution in [0, 0.1) is 20.8 Å². The molecule has 100 valence electrons. The van der Waals surface area contributed by atoms with Crippen LogP contribution in [-0.2, 0) is 0 Å². The predicted molar refractivity (Wildman–Crippen MR) is 80.4 cm³/mol. The highest BCUT2D eigenvalue weighted by atomic mass is 35.5. The minimum absolute atomic E-state index is 0.0827. The van der Waals surface area contributed by atoms with E-state index in [0.29, 0.717) is 5.82 Å². The topological polar surface area (TPSA) is 63.8 Å². The molecule has 0 fully saturated rings. The second-order valence-corrected chi connectivity index (χ2v) is 5.17. The molecule has 0 saturated heterocycles. The van der Waals surface area contributed by atoms with Gasteiger partial charge in [0, 0.05) is 5.69 Å². The van der Waals surface area contributed by atoms with Crippen molar-refractivity contribution in [2.45, 2.75) is 20.8 Å². The van der Waals surface area contributed by atoms with Crippen LogP contribution >= 0.6 is 23.2 Å². The molecule has 3 N–H and O–H groups in total. The summed E-state index contributed by atoms with van der Waals surface area (Å²) in [4.78, 5) is 7.87. The Balaban J connectivity index is 2.48. The molecule has 1 aromatic heterocycles. The summed E-state index contributed by atoms with van der Waals surface area (Å²) in [6.45, 7) is 6.08. The maximum Gasteiger partial charge on any atom is 0.223 e. The van der Waals surface area contributed by atoms with Crippen LogP contribution in [-0.4, -0.2) is 9.97 Å². The van der Waals surface area contributed by atoms with Gasteiger partial charge in [0.25, 0.3) is 0 Å². The van der Waals surface area contributed by atoms with E-state index in [1.165, 1.54) is 5.56 Å². The fourth-order valence-electron chi connectivity index (χ4n) is 2.01. The molecule has 0 aliphatic heterocycles. The Morgan fingerprint density at radius 1 is 1.05 bits per heavy atom. The fourth-order valence-corrected chi connectivity index (χ4v) is 2.32. The Bertz CT molecular complexity index is 618. The number of halogens is 2. The molecular formula is C13H14Cl2N4. The van der Waals surface area contributed by atoms with Crippen LogP contribution in [0.4, 0.5) is 17.5 Å². The number of nitrogens with two attached hydrogens (primary N) is 1. The minimum atomic E-state index is 0.0827. The molecule has 0 spiro atoms. The van der Waals surface area contributed by atoms with E-state index >= 15 is 0 Å². The molecule has 0 atom stereocenters. The van der Waals surface area contributed by atoms with E-state index in [1.54, 1.807) is 0 Å². The van der Waals surface area contributed by atoms with E-state index in [0.717, 1.165) is 16.8 Å². The van der Waals surface area contributed by atoms with Gasteiger partial charge in [-0.1, -0.05) is 40.9 Å². The Kier molecular flexibility index (Phi) is 3.83. The summed E-state index contributed by atoms with van der Waals surface area (Å²) in [6.07, 6.45) is 0. The summed E-state index contributed by atoms with van der Waals surface area (Å²) in [6, 6.07) is 4.16. The number of hydrogen-bond donors (Lipinski definition) is 2. The first kappa shape index (κ1) is 13.9. The summed E-state index contributed by atoms with van der Waals surface area (Å²) in [5.74, 6) is 0.494. The SMILES string of the molecule is Cc1cc(C)c(Nc2nc(N)nc(Cl)c2Cl)c(C)c1. The third-order valence-corrected chi connectivity index (χ3v) is 3.48. The zero-order chi connectivity index (χ0) is 14.2. The molecule has 2 aromatic rings. The van der Waals surface area contributed by atoms with Crippen molar-refractivity contribution in [2.24, 2.45) is 0 Å². The van der Waals surface area contributed by atoms with Crippen molar-refractivity contribution in [2.75, 3.05) is 11.1 Å². The summed E-state index contributed by atoms with van der Waals surface area (Å²) in [5.41, 5.74) is 9.92. The normalized spacial score (nSPS) is 10.6. The van der Waals surface area contributed by atoms with Crippen LogP contribution in [0.3, 0.4) is 0 Å². The summed E-state index contributed by atoms with van der Waals surface area (Å²) >= 11 is 12.0. The molecular weight excluding hydrogens is 283 g/mol. The molecule has 0 amide bonds. The van der Waals surface area contributed by atoms with Gasteiger partial charge >= 0.3 is 0 Å². The van der Waals surface area contributed by atoms with Crippen molar-refractivity contribution in [3.8, 4) is 0 Å². The molecule has 0 aliphatic carbocycles. The summed E-state index contributed by atoms with van der Waals surface area (Å²) in [7, 11) is 0. The van der Waals surface area contributed by atoms with Gasteiger partial charge in [-0.2, -0.15) is 9.97 Å². The smallest absolute Gasteiger partial charge is 0.223 e. The van der Waals surface area contributed by atoms with E-state index in [2.05, 4.69) is 34.3 Å². The Morgan fingerprint density at radius 3 is 2.21 bits per heavy atom. The largest absolute Gasteiger partial charge is 0.368 e. The molecule has 0 bridgehead atoms. The second kappa shape index (κ2) is 5.23. The second-order valence-electron chi connectivity index (χ2n) is 4.43. The molecule has 0 unspecified atom stereocenters. The minimum Gasteiger partial charge on any atom is -0.368 e. The third kappa shape index (κ3) is 2.91. The Hall–Kier alpha value is -1.52. The first-order valence-corrected chi connectivity index (χ1v) is 6.47. The van der Waals surface area contributed by atoms with E-state index in [1.807, 2.05) is 13.8 Å². The quantitative estimate of drug-likeness (QED) is 0.821. The standard InChI is InChI=1S/C13H14Cl2N4/c1-6-4-7(2)10(8(3)5-6)17-12-9(14)11(15)18-13(16)19-12/h4-5H,1-3H3,(H3,16,17,18,19). The van der Waals surface area contributed by atoms with Gasteiger partial charge in [-0.25, -0.2) is 0 Å². The number of hydrogen-bond acceptors (Lipinski definition) is 4. The van der Waals surface area contributed by atoms with Crippen LogP contribution in [0.25, 0.3) is 0 Å². The zero-order valence-electron chi connectivity index (χ0n) is 10.9. The van der Waals surface area contributed by atoms with E-state index in [9.17, 15) is 0 Å². The molecule has 1 aromatic carbocycles. The van der Waals surface area contributed by atoms with Gasteiger partial charge in [-0.05, 0) is 31.9 Å². The number of nitrogens with one attached hydrogen (secondary N) is 1. The number of aromatic nitrogens is 2. The van der Waals surface area contributed by atoms with Crippen LogP contribution in [0.2, 0.25) is 10.2 Å². The third-order valence-electron chi connectivity index (χ3n) is 2.75. The lowest BCUT2D eigenvalue weighted by atomic mass is 10.1. The molecule has 2 rings (SSSR count). The van der Waals surface area contributed by atoms with Crippen LogP contribution < -0.4 is 11.1 Å².